The predicted molar refractivity (Wildman–Crippen MR) is 53.4 cm³/mol. The maximum Gasteiger partial charge on any atom is 0.414 e. The Hall–Kier alpha value is -1.23. The fraction of sp³-hybridized carbons (Fsp3) is 0.455. The normalized spacial score (nSPS) is 13.6. The third-order valence-corrected chi connectivity index (χ3v) is 2.24. The first-order chi connectivity index (χ1) is 7.43. The zero-order chi connectivity index (χ0) is 12.2. The molecule has 0 fully saturated rings. The first kappa shape index (κ1) is 12.8. The first-order valence-corrected chi connectivity index (χ1v) is 4.81. The lowest BCUT2D eigenvalue weighted by molar-refractivity contribution is -0.205. The molecule has 1 aromatic rings. The van der Waals surface area contributed by atoms with Crippen LogP contribution in [0.2, 0.25) is 0 Å². The topological polar surface area (TPSA) is 29.5 Å². The van der Waals surface area contributed by atoms with E-state index >= 15 is 0 Å². The van der Waals surface area contributed by atoms with E-state index < -0.39 is 12.3 Å². The fourth-order valence-electron chi connectivity index (χ4n) is 1.26. The zero-order valence-electron chi connectivity index (χ0n) is 8.79. The molecule has 0 amide bonds. The summed E-state index contributed by atoms with van der Waals surface area (Å²) in [7, 11) is 1.52. The van der Waals surface area contributed by atoms with E-state index in [1.165, 1.54) is 7.11 Å². The molecular weight excluding hydrogens is 221 g/mol. The third-order valence-electron chi connectivity index (χ3n) is 2.24. The van der Waals surface area contributed by atoms with Crippen molar-refractivity contribution in [3.63, 3.8) is 0 Å². The lowest BCUT2D eigenvalue weighted by Crippen LogP contribution is -2.28. The Labute approximate surface area is 91.7 Å². The molecule has 0 spiro atoms. The molecule has 1 unspecified atom stereocenters. The van der Waals surface area contributed by atoms with Crippen molar-refractivity contribution >= 4 is 0 Å². The molecular formula is C11H13F3O2. The molecule has 0 bridgehead atoms. The summed E-state index contributed by atoms with van der Waals surface area (Å²) in [5, 5.41) is 8.80. The summed E-state index contributed by atoms with van der Waals surface area (Å²) in [5.41, 5.74) is 0.740. The summed E-state index contributed by atoms with van der Waals surface area (Å²) < 4.78 is 40.9. The molecule has 2 nitrogen and oxygen atoms in total. The minimum absolute atomic E-state index is 0.185. The number of ether oxygens (including phenoxy) is 1. The van der Waals surface area contributed by atoms with Gasteiger partial charge in [0.05, 0.1) is 7.11 Å². The van der Waals surface area contributed by atoms with Crippen LogP contribution in [0, 0.1) is 0 Å². The van der Waals surface area contributed by atoms with Crippen LogP contribution in [0.15, 0.2) is 24.3 Å². The standard InChI is InChI=1S/C11H13F3O2/c1-16-9-5-2-8(3-6-9)4-7-10(15)11(12,13)14/h2-3,5-6,10,15H,4,7H2,1H3. The van der Waals surface area contributed by atoms with Crippen molar-refractivity contribution in [2.24, 2.45) is 0 Å². The number of hydrogen-bond acceptors (Lipinski definition) is 2. The van der Waals surface area contributed by atoms with Gasteiger partial charge in [0.1, 0.15) is 11.9 Å². The average molecular weight is 234 g/mol. The molecule has 1 N–H and O–H groups in total. The maximum absolute atomic E-state index is 12.0. The Kier molecular flexibility index (Phi) is 4.18. The number of hydrogen-bond donors (Lipinski definition) is 1. The number of alkyl halides is 3. The lowest BCUT2D eigenvalue weighted by Gasteiger charge is -2.14. The molecule has 0 aliphatic heterocycles. The van der Waals surface area contributed by atoms with Crippen LogP contribution in [0.25, 0.3) is 0 Å². The Morgan fingerprint density at radius 3 is 2.25 bits per heavy atom. The molecule has 0 aliphatic rings. The van der Waals surface area contributed by atoms with Crippen molar-refractivity contribution in [3.8, 4) is 5.75 Å². The fourth-order valence-corrected chi connectivity index (χ4v) is 1.26. The molecule has 0 saturated carbocycles. The second-order valence-corrected chi connectivity index (χ2v) is 3.44. The van der Waals surface area contributed by atoms with Crippen molar-refractivity contribution < 1.29 is 23.0 Å². The van der Waals surface area contributed by atoms with Crippen LogP contribution in [-0.2, 0) is 6.42 Å². The van der Waals surface area contributed by atoms with Gasteiger partial charge in [-0.1, -0.05) is 12.1 Å². The number of aryl methyl sites for hydroxylation is 1. The van der Waals surface area contributed by atoms with E-state index in [-0.39, 0.29) is 12.8 Å². The molecule has 0 saturated heterocycles. The third kappa shape index (κ3) is 3.73. The van der Waals surface area contributed by atoms with Crippen LogP contribution < -0.4 is 4.74 Å². The SMILES string of the molecule is COc1ccc(CCC(O)C(F)(F)F)cc1. The van der Waals surface area contributed by atoms with E-state index in [4.69, 9.17) is 9.84 Å². The van der Waals surface area contributed by atoms with Crippen LogP contribution in [0.1, 0.15) is 12.0 Å². The number of aliphatic hydroxyl groups is 1. The first-order valence-electron chi connectivity index (χ1n) is 4.81. The van der Waals surface area contributed by atoms with E-state index in [9.17, 15) is 13.2 Å². The highest BCUT2D eigenvalue weighted by Crippen LogP contribution is 2.23. The van der Waals surface area contributed by atoms with Crippen LogP contribution in [0.4, 0.5) is 13.2 Å². The van der Waals surface area contributed by atoms with E-state index in [1.807, 2.05) is 0 Å². The van der Waals surface area contributed by atoms with Gasteiger partial charge in [0, 0.05) is 0 Å². The molecule has 1 atom stereocenters. The second-order valence-electron chi connectivity index (χ2n) is 3.44. The van der Waals surface area contributed by atoms with Gasteiger partial charge >= 0.3 is 6.18 Å². The number of rotatable bonds is 4. The van der Waals surface area contributed by atoms with Crippen molar-refractivity contribution in [1.29, 1.82) is 0 Å². The smallest absolute Gasteiger partial charge is 0.414 e. The Morgan fingerprint density at radius 1 is 1.25 bits per heavy atom. The molecule has 0 heterocycles. The number of benzene rings is 1. The van der Waals surface area contributed by atoms with Crippen LogP contribution in [0.5, 0.6) is 5.75 Å². The average Bonchev–Trinajstić information content (AvgIpc) is 2.25. The summed E-state index contributed by atoms with van der Waals surface area (Å²) in [6, 6.07) is 6.72. The van der Waals surface area contributed by atoms with Gasteiger partial charge in [0.2, 0.25) is 0 Å². The molecule has 5 heteroatoms. The summed E-state index contributed by atoms with van der Waals surface area (Å²) in [5.74, 6) is 0.653. The highest BCUT2D eigenvalue weighted by Gasteiger charge is 2.37. The van der Waals surface area contributed by atoms with Crippen molar-refractivity contribution in [2.45, 2.75) is 25.1 Å². The van der Waals surface area contributed by atoms with Crippen molar-refractivity contribution in [3.05, 3.63) is 29.8 Å². The highest BCUT2D eigenvalue weighted by atomic mass is 19.4. The van der Waals surface area contributed by atoms with E-state index in [2.05, 4.69) is 0 Å². The molecule has 0 radical (unpaired) electrons. The van der Waals surface area contributed by atoms with Crippen molar-refractivity contribution in [1.82, 2.24) is 0 Å². The molecule has 0 aliphatic carbocycles. The molecule has 16 heavy (non-hydrogen) atoms. The predicted octanol–water partition coefficient (Wildman–Crippen LogP) is 2.55. The summed E-state index contributed by atoms with van der Waals surface area (Å²) >= 11 is 0. The van der Waals surface area contributed by atoms with Gasteiger partial charge in [0.15, 0.2) is 0 Å². The van der Waals surface area contributed by atoms with Gasteiger partial charge in [0.25, 0.3) is 0 Å². The Balaban J connectivity index is 2.48. The molecule has 0 aromatic heterocycles. The van der Waals surface area contributed by atoms with Gasteiger partial charge in [-0.3, -0.25) is 0 Å². The number of methoxy groups -OCH3 is 1. The minimum atomic E-state index is -4.54. The summed E-state index contributed by atoms with van der Waals surface area (Å²) in [6.45, 7) is 0. The van der Waals surface area contributed by atoms with Gasteiger partial charge in [-0.05, 0) is 30.5 Å². The maximum atomic E-state index is 12.0. The summed E-state index contributed by atoms with van der Waals surface area (Å²) in [6.07, 6.45) is -6.93. The Morgan fingerprint density at radius 2 is 1.81 bits per heavy atom. The van der Waals surface area contributed by atoms with Gasteiger partial charge in [-0.2, -0.15) is 13.2 Å². The molecule has 90 valence electrons. The van der Waals surface area contributed by atoms with E-state index in [0.29, 0.717) is 5.75 Å². The Bertz CT molecular complexity index is 319. The number of aliphatic hydroxyl groups excluding tert-OH is 1. The number of halogens is 3. The van der Waals surface area contributed by atoms with Crippen LogP contribution in [0.3, 0.4) is 0 Å². The molecule has 1 rings (SSSR count). The van der Waals surface area contributed by atoms with Gasteiger partial charge in [-0.15, -0.1) is 0 Å². The second kappa shape index (κ2) is 5.21. The van der Waals surface area contributed by atoms with E-state index in [1.54, 1.807) is 24.3 Å². The monoisotopic (exact) mass is 234 g/mol. The minimum Gasteiger partial charge on any atom is -0.497 e. The zero-order valence-corrected chi connectivity index (χ0v) is 8.79. The van der Waals surface area contributed by atoms with Gasteiger partial charge in [-0.25, -0.2) is 0 Å². The van der Waals surface area contributed by atoms with Gasteiger partial charge < -0.3 is 9.84 Å². The van der Waals surface area contributed by atoms with Crippen molar-refractivity contribution in [2.75, 3.05) is 7.11 Å². The van der Waals surface area contributed by atoms with Crippen LogP contribution in [-0.4, -0.2) is 24.5 Å². The quantitative estimate of drug-likeness (QED) is 0.867. The van der Waals surface area contributed by atoms with Crippen LogP contribution >= 0.6 is 0 Å². The van der Waals surface area contributed by atoms with E-state index in [0.717, 1.165) is 5.56 Å². The summed E-state index contributed by atoms with van der Waals surface area (Å²) in [4.78, 5) is 0. The highest BCUT2D eigenvalue weighted by molar-refractivity contribution is 5.27. The lowest BCUT2D eigenvalue weighted by atomic mass is 10.1. The molecule has 1 aromatic carbocycles. The largest absolute Gasteiger partial charge is 0.497 e.